The Kier molecular flexibility index (Phi) is 7.00. The SMILES string of the molecule is COc1ccc2c(c1)CCN(S(=O)(=O)CCNC(=O)COc1ccc(Cl)cc1)C2. The Morgan fingerprint density at radius 1 is 1.14 bits per heavy atom. The lowest BCUT2D eigenvalue weighted by atomic mass is 10.0. The van der Waals surface area contributed by atoms with Gasteiger partial charge in [-0.05, 0) is 53.9 Å². The standard InChI is InChI=1S/C20H23ClN2O5S/c1-27-19-5-2-16-13-23(10-8-15(16)12-19)29(25,26)11-9-22-20(24)14-28-18-6-3-17(21)4-7-18/h2-7,12H,8-11,13-14H2,1H3,(H,22,24). The summed E-state index contributed by atoms with van der Waals surface area (Å²) in [7, 11) is -1.87. The first-order valence-corrected chi connectivity index (χ1v) is 11.1. The number of rotatable bonds is 8. The number of benzene rings is 2. The van der Waals surface area contributed by atoms with Crippen LogP contribution in [0.5, 0.6) is 11.5 Å². The van der Waals surface area contributed by atoms with E-state index in [1.165, 1.54) is 4.31 Å². The number of carbonyl (C=O) groups is 1. The van der Waals surface area contributed by atoms with Crippen molar-refractivity contribution in [3.63, 3.8) is 0 Å². The van der Waals surface area contributed by atoms with Crippen molar-refractivity contribution in [3.05, 3.63) is 58.6 Å². The molecule has 0 aliphatic carbocycles. The summed E-state index contributed by atoms with van der Waals surface area (Å²) < 4.78 is 37.2. The fourth-order valence-corrected chi connectivity index (χ4v) is 4.50. The summed E-state index contributed by atoms with van der Waals surface area (Å²) in [5.41, 5.74) is 2.07. The van der Waals surface area contributed by atoms with E-state index in [1.807, 2.05) is 18.2 Å². The van der Waals surface area contributed by atoms with Gasteiger partial charge in [-0.3, -0.25) is 4.79 Å². The van der Waals surface area contributed by atoms with E-state index in [-0.39, 0.29) is 24.8 Å². The summed E-state index contributed by atoms with van der Waals surface area (Å²) in [6.45, 7) is 0.573. The van der Waals surface area contributed by atoms with Crippen molar-refractivity contribution in [1.82, 2.24) is 9.62 Å². The molecule has 1 amide bonds. The first-order chi connectivity index (χ1) is 13.9. The Bertz CT molecular complexity index is 963. The predicted octanol–water partition coefficient (Wildman–Crippen LogP) is 2.23. The Morgan fingerprint density at radius 3 is 2.59 bits per heavy atom. The predicted molar refractivity (Wildman–Crippen MR) is 111 cm³/mol. The van der Waals surface area contributed by atoms with Crippen molar-refractivity contribution in [2.24, 2.45) is 0 Å². The average molecular weight is 439 g/mol. The third-order valence-electron chi connectivity index (χ3n) is 4.65. The molecule has 1 heterocycles. The van der Waals surface area contributed by atoms with Crippen LogP contribution in [0, 0.1) is 0 Å². The van der Waals surface area contributed by atoms with E-state index < -0.39 is 10.0 Å². The van der Waals surface area contributed by atoms with E-state index in [9.17, 15) is 13.2 Å². The number of hydrogen-bond donors (Lipinski definition) is 1. The van der Waals surface area contributed by atoms with Crippen molar-refractivity contribution in [3.8, 4) is 11.5 Å². The molecule has 0 radical (unpaired) electrons. The highest BCUT2D eigenvalue weighted by molar-refractivity contribution is 7.89. The Balaban J connectivity index is 1.46. The molecule has 9 heteroatoms. The summed E-state index contributed by atoms with van der Waals surface area (Å²) in [6.07, 6.45) is 0.632. The molecule has 0 aromatic heterocycles. The van der Waals surface area contributed by atoms with Gasteiger partial charge in [0.2, 0.25) is 10.0 Å². The lowest BCUT2D eigenvalue weighted by Crippen LogP contribution is -2.41. The monoisotopic (exact) mass is 438 g/mol. The van der Waals surface area contributed by atoms with Gasteiger partial charge in [-0.25, -0.2) is 8.42 Å². The summed E-state index contributed by atoms with van der Waals surface area (Å²) in [4.78, 5) is 11.9. The average Bonchev–Trinajstić information content (AvgIpc) is 2.72. The number of fused-ring (bicyclic) bond motifs is 1. The van der Waals surface area contributed by atoms with Crippen LogP contribution in [0.1, 0.15) is 11.1 Å². The Hall–Kier alpha value is -2.29. The molecule has 0 bridgehead atoms. The molecule has 0 fully saturated rings. The molecule has 0 unspecified atom stereocenters. The highest BCUT2D eigenvalue weighted by atomic mass is 35.5. The van der Waals surface area contributed by atoms with Crippen molar-refractivity contribution in [1.29, 1.82) is 0 Å². The summed E-state index contributed by atoms with van der Waals surface area (Å²) in [5.74, 6) is 0.737. The van der Waals surface area contributed by atoms with Crippen LogP contribution >= 0.6 is 11.6 Å². The second-order valence-electron chi connectivity index (χ2n) is 6.63. The number of hydrogen-bond acceptors (Lipinski definition) is 5. The maximum absolute atomic E-state index is 12.6. The normalized spacial score (nSPS) is 14.1. The quantitative estimate of drug-likeness (QED) is 0.683. The third kappa shape index (κ3) is 5.85. The maximum atomic E-state index is 12.6. The first-order valence-electron chi connectivity index (χ1n) is 9.16. The zero-order chi connectivity index (χ0) is 20.9. The van der Waals surface area contributed by atoms with E-state index in [1.54, 1.807) is 31.4 Å². The molecule has 2 aromatic carbocycles. The fraction of sp³-hybridized carbons (Fsp3) is 0.350. The van der Waals surface area contributed by atoms with Crippen molar-refractivity contribution < 1.29 is 22.7 Å². The molecule has 3 rings (SSSR count). The number of nitrogens with one attached hydrogen (secondary N) is 1. The van der Waals surface area contributed by atoms with Crippen molar-refractivity contribution >= 4 is 27.5 Å². The number of methoxy groups -OCH3 is 1. The van der Waals surface area contributed by atoms with Gasteiger partial charge in [-0.2, -0.15) is 4.31 Å². The molecular weight excluding hydrogens is 416 g/mol. The minimum absolute atomic E-state index is 0.0249. The minimum atomic E-state index is -3.48. The van der Waals surface area contributed by atoms with Crippen molar-refractivity contribution in [2.45, 2.75) is 13.0 Å². The highest BCUT2D eigenvalue weighted by Crippen LogP contribution is 2.25. The van der Waals surface area contributed by atoms with E-state index >= 15 is 0 Å². The van der Waals surface area contributed by atoms with E-state index in [2.05, 4.69) is 5.32 Å². The maximum Gasteiger partial charge on any atom is 0.257 e. The number of nitrogens with zero attached hydrogens (tertiary/aromatic N) is 1. The number of ether oxygens (including phenoxy) is 2. The summed E-state index contributed by atoms with van der Waals surface area (Å²) in [5, 5.41) is 3.16. The number of carbonyl (C=O) groups excluding carboxylic acids is 1. The van der Waals surface area contributed by atoms with Crippen molar-refractivity contribution in [2.75, 3.05) is 32.6 Å². The Morgan fingerprint density at radius 2 is 1.86 bits per heavy atom. The molecule has 1 aliphatic heterocycles. The zero-order valence-electron chi connectivity index (χ0n) is 16.1. The Labute approximate surface area is 175 Å². The van der Waals surface area contributed by atoms with E-state index in [0.717, 1.165) is 16.9 Å². The van der Waals surface area contributed by atoms with Gasteiger partial charge in [-0.1, -0.05) is 17.7 Å². The van der Waals surface area contributed by atoms with Gasteiger partial charge < -0.3 is 14.8 Å². The van der Waals surface area contributed by atoms with Crippen LogP contribution in [0.25, 0.3) is 0 Å². The topological polar surface area (TPSA) is 84.9 Å². The molecule has 0 spiro atoms. The first kappa shape index (κ1) is 21.4. The largest absolute Gasteiger partial charge is 0.497 e. The van der Waals surface area contributed by atoms with E-state index in [4.69, 9.17) is 21.1 Å². The molecule has 156 valence electrons. The van der Waals surface area contributed by atoms with Gasteiger partial charge in [-0.15, -0.1) is 0 Å². The second kappa shape index (κ2) is 9.47. The number of sulfonamides is 1. The third-order valence-corrected chi connectivity index (χ3v) is 6.72. The summed E-state index contributed by atoms with van der Waals surface area (Å²) in [6, 6.07) is 12.3. The fourth-order valence-electron chi connectivity index (χ4n) is 3.05. The van der Waals surface area contributed by atoms with Gasteiger partial charge in [0, 0.05) is 24.7 Å². The molecule has 1 N–H and O–H groups in total. The lowest BCUT2D eigenvalue weighted by molar-refractivity contribution is -0.122. The molecule has 0 saturated heterocycles. The highest BCUT2D eigenvalue weighted by Gasteiger charge is 2.26. The molecule has 29 heavy (non-hydrogen) atoms. The zero-order valence-corrected chi connectivity index (χ0v) is 17.6. The molecule has 0 saturated carbocycles. The van der Waals surface area contributed by atoms with Crippen LogP contribution in [-0.2, 0) is 27.8 Å². The van der Waals surface area contributed by atoms with E-state index in [0.29, 0.717) is 30.3 Å². The van der Waals surface area contributed by atoms with Gasteiger partial charge >= 0.3 is 0 Å². The van der Waals surface area contributed by atoms with Crippen LogP contribution in [0.15, 0.2) is 42.5 Å². The van der Waals surface area contributed by atoms with Gasteiger partial charge in [0.1, 0.15) is 11.5 Å². The molecule has 7 nitrogen and oxygen atoms in total. The molecule has 1 aliphatic rings. The number of amides is 1. The van der Waals surface area contributed by atoms with Crippen LogP contribution in [0.4, 0.5) is 0 Å². The van der Waals surface area contributed by atoms with Crippen LogP contribution < -0.4 is 14.8 Å². The lowest BCUT2D eigenvalue weighted by Gasteiger charge is -2.28. The molecule has 0 atom stereocenters. The molecular formula is C20H23ClN2O5S. The van der Waals surface area contributed by atoms with Crippen LogP contribution in [0.2, 0.25) is 5.02 Å². The van der Waals surface area contributed by atoms with Crippen LogP contribution in [0.3, 0.4) is 0 Å². The van der Waals surface area contributed by atoms with Gasteiger partial charge in [0.15, 0.2) is 6.61 Å². The van der Waals surface area contributed by atoms with Gasteiger partial charge in [0.05, 0.1) is 12.9 Å². The summed E-state index contributed by atoms with van der Waals surface area (Å²) >= 11 is 5.79. The second-order valence-corrected chi connectivity index (χ2v) is 9.15. The minimum Gasteiger partial charge on any atom is -0.497 e. The smallest absolute Gasteiger partial charge is 0.257 e. The van der Waals surface area contributed by atoms with Crippen LogP contribution in [-0.4, -0.2) is 51.2 Å². The molecule has 2 aromatic rings. The van der Waals surface area contributed by atoms with Gasteiger partial charge in [0.25, 0.3) is 5.91 Å². The number of halogens is 1.